The minimum atomic E-state index is -0.290. The van der Waals surface area contributed by atoms with E-state index in [1.807, 2.05) is 4.90 Å². The zero-order valence-corrected chi connectivity index (χ0v) is 12.9. The summed E-state index contributed by atoms with van der Waals surface area (Å²) in [6, 6.07) is 6.76. The van der Waals surface area contributed by atoms with E-state index >= 15 is 0 Å². The molecule has 1 heterocycles. The first-order valence-corrected chi connectivity index (χ1v) is 8.60. The van der Waals surface area contributed by atoms with Gasteiger partial charge in [-0.15, -0.1) is 0 Å². The van der Waals surface area contributed by atoms with Gasteiger partial charge >= 0.3 is 0 Å². The summed E-state index contributed by atoms with van der Waals surface area (Å²) in [5.41, 5.74) is 0.602. The van der Waals surface area contributed by atoms with Crippen LogP contribution in [0.3, 0.4) is 0 Å². The molecule has 0 radical (unpaired) electrons. The normalized spacial score (nSPS) is 31.7. The van der Waals surface area contributed by atoms with Gasteiger partial charge in [-0.1, -0.05) is 0 Å². The Labute approximate surface area is 131 Å². The van der Waals surface area contributed by atoms with Gasteiger partial charge in [0.15, 0.2) is 0 Å². The SMILES string of the molecule is O=C(c1ccc(F)cc1)N1CC[NH+]([C@H]2C[C@H]3CC[C@@H]2C3)CC1. The van der Waals surface area contributed by atoms with Gasteiger partial charge in [-0.2, -0.15) is 0 Å². The number of nitrogens with one attached hydrogen (secondary N) is 1. The Morgan fingerprint density at radius 3 is 2.41 bits per heavy atom. The van der Waals surface area contributed by atoms with Crippen LogP contribution in [0.5, 0.6) is 0 Å². The Bertz CT molecular complexity index is 551. The third kappa shape index (κ3) is 2.54. The molecule has 1 aliphatic heterocycles. The second-order valence-electron chi connectivity index (χ2n) is 7.24. The lowest BCUT2D eigenvalue weighted by Gasteiger charge is -2.38. The second-order valence-corrected chi connectivity index (χ2v) is 7.24. The summed E-state index contributed by atoms with van der Waals surface area (Å²) in [6.07, 6.45) is 5.74. The standard InChI is InChI=1S/C18H23FN2O/c19-16-5-3-14(4-6-16)18(22)21-9-7-20(8-10-21)17-12-13-1-2-15(17)11-13/h3-6,13,15,17H,1-2,7-12H2/p+1/t13-,15+,17-/m0/s1. The highest BCUT2D eigenvalue weighted by atomic mass is 19.1. The molecule has 4 rings (SSSR count). The Morgan fingerprint density at radius 2 is 1.82 bits per heavy atom. The number of fused-ring (bicyclic) bond motifs is 2. The molecule has 0 spiro atoms. The van der Waals surface area contributed by atoms with Crippen molar-refractivity contribution in [1.82, 2.24) is 4.90 Å². The highest BCUT2D eigenvalue weighted by Crippen LogP contribution is 2.43. The van der Waals surface area contributed by atoms with Crippen LogP contribution in [0.2, 0.25) is 0 Å². The number of piperazine rings is 1. The van der Waals surface area contributed by atoms with Gasteiger partial charge in [-0.25, -0.2) is 4.39 Å². The Kier molecular flexibility index (Phi) is 3.65. The summed E-state index contributed by atoms with van der Waals surface area (Å²) in [6.45, 7) is 3.81. The summed E-state index contributed by atoms with van der Waals surface area (Å²) in [4.78, 5) is 16.1. The first-order chi connectivity index (χ1) is 10.7. The molecule has 1 N–H and O–H groups in total. The van der Waals surface area contributed by atoms with Crippen LogP contribution in [-0.4, -0.2) is 43.0 Å². The number of nitrogens with zero attached hydrogens (tertiary/aromatic N) is 1. The van der Waals surface area contributed by atoms with Crippen LogP contribution in [0.25, 0.3) is 0 Å². The second kappa shape index (κ2) is 5.65. The van der Waals surface area contributed by atoms with E-state index in [-0.39, 0.29) is 11.7 Å². The van der Waals surface area contributed by atoms with E-state index in [1.165, 1.54) is 37.8 Å². The number of quaternary nitrogens is 1. The fourth-order valence-corrected chi connectivity index (χ4v) is 4.89. The first-order valence-electron chi connectivity index (χ1n) is 8.60. The topological polar surface area (TPSA) is 24.8 Å². The molecule has 1 amide bonds. The predicted octanol–water partition coefficient (Wildman–Crippen LogP) is 1.35. The average Bonchev–Trinajstić information content (AvgIpc) is 3.18. The number of hydrogen-bond acceptors (Lipinski definition) is 1. The highest BCUT2D eigenvalue weighted by molar-refractivity contribution is 5.94. The van der Waals surface area contributed by atoms with Crippen LogP contribution in [0.4, 0.5) is 4.39 Å². The summed E-state index contributed by atoms with van der Waals surface area (Å²) in [5, 5.41) is 0. The van der Waals surface area contributed by atoms with Crippen LogP contribution in [0.15, 0.2) is 24.3 Å². The number of carbonyl (C=O) groups excluding carboxylic acids is 1. The molecule has 2 bridgehead atoms. The molecular formula is C18H24FN2O+. The van der Waals surface area contributed by atoms with E-state index in [4.69, 9.17) is 0 Å². The van der Waals surface area contributed by atoms with Gasteiger partial charge in [0.05, 0.1) is 32.2 Å². The lowest BCUT2D eigenvalue weighted by Crippen LogP contribution is -3.18. The molecule has 2 saturated carbocycles. The van der Waals surface area contributed by atoms with Gasteiger partial charge < -0.3 is 9.80 Å². The van der Waals surface area contributed by atoms with E-state index < -0.39 is 0 Å². The van der Waals surface area contributed by atoms with Gasteiger partial charge in [-0.05, 0) is 49.4 Å². The monoisotopic (exact) mass is 303 g/mol. The van der Waals surface area contributed by atoms with Crippen molar-refractivity contribution in [2.75, 3.05) is 26.2 Å². The highest BCUT2D eigenvalue weighted by Gasteiger charge is 2.45. The smallest absolute Gasteiger partial charge is 0.254 e. The summed E-state index contributed by atoms with van der Waals surface area (Å²) in [5.74, 6) is 1.69. The molecule has 1 aromatic rings. The van der Waals surface area contributed by atoms with Crippen molar-refractivity contribution >= 4 is 5.91 Å². The van der Waals surface area contributed by atoms with Crippen molar-refractivity contribution < 1.29 is 14.1 Å². The van der Waals surface area contributed by atoms with Crippen LogP contribution < -0.4 is 4.90 Å². The number of amides is 1. The molecule has 3 fully saturated rings. The minimum Gasteiger partial charge on any atom is -0.329 e. The van der Waals surface area contributed by atoms with Crippen LogP contribution in [0.1, 0.15) is 36.0 Å². The number of benzene rings is 1. The van der Waals surface area contributed by atoms with E-state index in [1.54, 1.807) is 17.0 Å². The molecule has 118 valence electrons. The molecule has 0 unspecified atom stereocenters. The Morgan fingerprint density at radius 1 is 1.09 bits per heavy atom. The maximum Gasteiger partial charge on any atom is 0.254 e. The van der Waals surface area contributed by atoms with Crippen molar-refractivity contribution in [3.05, 3.63) is 35.6 Å². The molecule has 1 aromatic carbocycles. The minimum absolute atomic E-state index is 0.0481. The number of carbonyl (C=O) groups is 1. The van der Waals surface area contributed by atoms with Crippen LogP contribution in [-0.2, 0) is 0 Å². The van der Waals surface area contributed by atoms with Gasteiger partial charge in [0.25, 0.3) is 5.91 Å². The zero-order chi connectivity index (χ0) is 15.1. The molecule has 0 aromatic heterocycles. The Balaban J connectivity index is 1.35. The number of rotatable bonds is 2. The molecule has 22 heavy (non-hydrogen) atoms. The van der Waals surface area contributed by atoms with Gasteiger partial charge in [0.2, 0.25) is 0 Å². The van der Waals surface area contributed by atoms with Gasteiger partial charge in [0, 0.05) is 17.9 Å². The van der Waals surface area contributed by atoms with Crippen LogP contribution >= 0.6 is 0 Å². The van der Waals surface area contributed by atoms with Crippen molar-refractivity contribution in [3.63, 3.8) is 0 Å². The lowest BCUT2D eigenvalue weighted by molar-refractivity contribution is -0.932. The van der Waals surface area contributed by atoms with E-state index in [0.29, 0.717) is 5.56 Å². The molecule has 1 saturated heterocycles. The van der Waals surface area contributed by atoms with E-state index in [2.05, 4.69) is 0 Å². The maximum atomic E-state index is 13.0. The zero-order valence-electron chi connectivity index (χ0n) is 12.9. The quantitative estimate of drug-likeness (QED) is 0.876. The van der Waals surface area contributed by atoms with Crippen molar-refractivity contribution in [2.24, 2.45) is 11.8 Å². The first kappa shape index (κ1) is 14.2. The largest absolute Gasteiger partial charge is 0.329 e. The van der Waals surface area contributed by atoms with Crippen molar-refractivity contribution in [1.29, 1.82) is 0 Å². The maximum absolute atomic E-state index is 13.0. The average molecular weight is 303 g/mol. The van der Waals surface area contributed by atoms with Crippen LogP contribution in [0, 0.1) is 17.7 Å². The lowest BCUT2D eigenvalue weighted by atomic mass is 9.93. The van der Waals surface area contributed by atoms with E-state index in [0.717, 1.165) is 44.1 Å². The molecule has 2 aliphatic carbocycles. The predicted molar refractivity (Wildman–Crippen MR) is 82.2 cm³/mol. The Hall–Kier alpha value is -1.42. The third-order valence-electron chi connectivity index (χ3n) is 6.05. The van der Waals surface area contributed by atoms with Crippen molar-refractivity contribution in [3.8, 4) is 0 Å². The van der Waals surface area contributed by atoms with Gasteiger partial charge in [-0.3, -0.25) is 4.79 Å². The fraction of sp³-hybridized carbons (Fsp3) is 0.611. The number of hydrogen-bond donors (Lipinski definition) is 1. The molecule has 3 atom stereocenters. The summed E-state index contributed by atoms with van der Waals surface area (Å²) < 4.78 is 13.0. The summed E-state index contributed by atoms with van der Waals surface area (Å²) in [7, 11) is 0. The van der Waals surface area contributed by atoms with E-state index in [9.17, 15) is 9.18 Å². The van der Waals surface area contributed by atoms with Gasteiger partial charge in [0.1, 0.15) is 5.82 Å². The third-order valence-corrected chi connectivity index (χ3v) is 6.05. The molecule has 4 heteroatoms. The number of halogens is 1. The summed E-state index contributed by atoms with van der Waals surface area (Å²) >= 11 is 0. The van der Waals surface area contributed by atoms with Crippen molar-refractivity contribution in [2.45, 2.75) is 31.7 Å². The molecule has 3 nitrogen and oxygen atoms in total. The molecular weight excluding hydrogens is 279 g/mol. The fourth-order valence-electron chi connectivity index (χ4n) is 4.89. The molecule has 3 aliphatic rings.